The summed E-state index contributed by atoms with van der Waals surface area (Å²) in [4.78, 5) is 4.58. The first kappa shape index (κ1) is 16.3. The van der Waals surface area contributed by atoms with E-state index >= 15 is 0 Å². The fraction of sp³-hybridized carbons (Fsp3) is 0.263. The van der Waals surface area contributed by atoms with Crippen molar-refractivity contribution in [3.8, 4) is 27.8 Å². The third kappa shape index (κ3) is 3.07. The molecule has 4 aromatic rings. The SMILES string of the molecule is Cc1nnc(-c2cccc(-n3ccnc3-c3cc4n(n3)CCCNC4)c2)s1. The molecule has 0 saturated heterocycles. The van der Waals surface area contributed by atoms with Gasteiger partial charge in [-0.25, -0.2) is 4.98 Å². The lowest BCUT2D eigenvalue weighted by Crippen LogP contribution is -2.11. The molecule has 1 aliphatic rings. The van der Waals surface area contributed by atoms with Gasteiger partial charge in [-0.05, 0) is 38.1 Å². The van der Waals surface area contributed by atoms with E-state index < -0.39 is 0 Å². The number of hydrogen-bond acceptors (Lipinski definition) is 6. The fourth-order valence-corrected chi connectivity index (χ4v) is 4.06. The fourth-order valence-electron chi connectivity index (χ4n) is 3.37. The summed E-state index contributed by atoms with van der Waals surface area (Å²) in [6.45, 7) is 4.79. The molecule has 0 radical (unpaired) electrons. The summed E-state index contributed by atoms with van der Waals surface area (Å²) in [5, 5.41) is 18.5. The summed E-state index contributed by atoms with van der Waals surface area (Å²) >= 11 is 1.60. The van der Waals surface area contributed by atoms with Gasteiger partial charge >= 0.3 is 0 Å². The number of hydrogen-bond donors (Lipinski definition) is 1. The van der Waals surface area contributed by atoms with Gasteiger partial charge in [0.05, 0.1) is 5.69 Å². The highest BCUT2D eigenvalue weighted by atomic mass is 32.1. The van der Waals surface area contributed by atoms with Crippen molar-refractivity contribution in [3.63, 3.8) is 0 Å². The van der Waals surface area contributed by atoms with E-state index in [4.69, 9.17) is 5.10 Å². The van der Waals surface area contributed by atoms with E-state index in [-0.39, 0.29) is 0 Å². The van der Waals surface area contributed by atoms with E-state index in [1.165, 1.54) is 5.69 Å². The number of aromatic nitrogens is 6. The predicted octanol–water partition coefficient (Wildman–Crippen LogP) is 3.06. The molecule has 8 heteroatoms. The minimum absolute atomic E-state index is 0.847. The minimum atomic E-state index is 0.847. The molecule has 0 aliphatic carbocycles. The lowest BCUT2D eigenvalue weighted by Gasteiger charge is -2.07. The Morgan fingerprint density at radius 3 is 3.04 bits per heavy atom. The Balaban J connectivity index is 1.54. The van der Waals surface area contributed by atoms with Crippen molar-refractivity contribution in [2.75, 3.05) is 6.54 Å². The molecule has 1 aliphatic heterocycles. The van der Waals surface area contributed by atoms with Gasteiger partial charge in [-0.3, -0.25) is 9.25 Å². The molecule has 1 aromatic carbocycles. The zero-order valence-electron chi connectivity index (χ0n) is 15.0. The second-order valence-corrected chi connectivity index (χ2v) is 7.75. The van der Waals surface area contributed by atoms with Gasteiger partial charge in [-0.15, -0.1) is 10.2 Å². The van der Waals surface area contributed by atoms with Gasteiger partial charge in [0.15, 0.2) is 5.82 Å². The maximum atomic E-state index is 4.80. The number of aryl methyl sites for hydroxylation is 2. The molecule has 1 N–H and O–H groups in total. The third-order valence-electron chi connectivity index (χ3n) is 4.66. The minimum Gasteiger partial charge on any atom is -0.311 e. The quantitative estimate of drug-likeness (QED) is 0.594. The van der Waals surface area contributed by atoms with E-state index in [2.05, 4.69) is 54.0 Å². The van der Waals surface area contributed by atoms with Crippen molar-refractivity contribution in [2.24, 2.45) is 0 Å². The summed E-state index contributed by atoms with van der Waals surface area (Å²) in [6, 6.07) is 10.4. The molecule has 0 spiro atoms. The average Bonchev–Trinajstić information content (AvgIpc) is 3.39. The van der Waals surface area contributed by atoms with Crippen LogP contribution >= 0.6 is 11.3 Å². The number of fused-ring (bicyclic) bond motifs is 1. The summed E-state index contributed by atoms with van der Waals surface area (Å²) in [5.74, 6) is 0.848. The first-order chi connectivity index (χ1) is 13.3. The lowest BCUT2D eigenvalue weighted by molar-refractivity contribution is 0.588. The molecule has 0 amide bonds. The Kier molecular flexibility index (Phi) is 4.06. The predicted molar refractivity (Wildman–Crippen MR) is 105 cm³/mol. The molecule has 7 nitrogen and oxygen atoms in total. The maximum Gasteiger partial charge on any atom is 0.165 e. The lowest BCUT2D eigenvalue weighted by atomic mass is 10.2. The van der Waals surface area contributed by atoms with Crippen molar-refractivity contribution in [1.82, 2.24) is 34.8 Å². The second-order valence-electron chi connectivity index (χ2n) is 6.57. The van der Waals surface area contributed by atoms with Crippen LogP contribution in [-0.4, -0.2) is 36.1 Å². The topological polar surface area (TPSA) is 73.5 Å². The monoisotopic (exact) mass is 377 g/mol. The van der Waals surface area contributed by atoms with Gasteiger partial charge in [-0.1, -0.05) is 23.5 Å². The Morgan fingerprint density at radius 2 is 2.15 bits per heavy atom. The van der Waals surface area contributed by atoms with Crippen molar-refractivity contribution < 1.29 is 0 Å². The summed E-state index contributed by atoms with van der Waals surface area (Å²) < 4.78 is 4.17. The third-order valence-corrected chi connectivity index (χ3v) is 5.55. The smallest absolute Gasteiger partial charge is 0.165 e. The van der Waals surface area contributed by atoms with Crippen LogP contribution in [0.1, 0.15) is 17.1 Å². The van der Waals surface area contributed by atoms with E-state index in [1.807, 2.05) is 25.4 Å². The highest BCUT2D eigenvalue weighted by molar-refractivity contribution is 7.14. The van der Waals surface area contributed by atoms with Gasteiger partial charge in [0.25, 0.3) is 0 Å². The van der Waals surface area contributed by atoms with E-state index in [0.29, 0.717) is 0 Å². The van der Waals surface area contributed by atoms with Crippen LogP contribution in [-0.2, 0) is 13.1 Å². The standard InChI is InChI=1S/C19H19N7S/c1-13-22-23-19(27-13)14-4-2-5-15(10-14)25-9-7-21-18(25)17-11-16-12-20-6-3-8-26(16)24-17/h2,4-5,7,9-11,20H,3,6,8,12H2,1H3. The Labute approximate surface area is 160 Å². The van der Waals surface area contributed by atoms with Crippen molar-refractivity contribution >= 4 is 11.3 Å². The zero-order chi connectivity index (χ0) is 18.2. The van der Waals surface area contributed by atoms with Crippen molar-refractivity contribution in [3.05, 3.63) is 53.4 Å². The van der Waals surface area contributed by atoms with Gasteiger partial charge in [0.1, 0.15) is 15.7 Å². The van der Waals surface area contributed by atoms with Gasteiger partial charge in [-0.2, -0.15) is 5.10 Å². The molecule has 0 saturated carbocycles. The highest BCUT2D eigenvalue weighted by Gasteiger charge is 2.16. The summed E-state index contributed by atoms with van der Waals surface area (Å²) in [6.07, 6.45) is 4.88. The second kappa shape index (κ2) is 6.71. The Bertz CT molecular complexity index is 1070. The van der Waals surface area contributed by atoms with E-state index in [1.54, 1.807) is 11.3 Å². The molecule has 27 heavy (non-hydrogen) atoms. The Hall–Kier alpha value is -2.84. The van der Waals surface area contributed by atoms with Crippen LogP contribution in [0.5, 0.6) is 0 Å². The number of nitrogens with one attached hydrogen (secondary N) is 1. The molecular weight excluding hydrogens is 358 g/mol. The average molecular weight is 377 g/mol. The molecule has 0 unspecified atom stereocenters. The van der Waals surface area contributed by atoms with Crippen molar-refractivity contribution in [2.45, 2.75) is 26.4 Å². The van der Waals surface area contributed by atoms with E-state index in [9.17, 15) is 0 Å². The molecule has 4 heterocycles. The number of nitrogens with zero attached hydrogens (tertiary/aromatic N) is 6. The largest absolute Gasteiger partial charge is 0.311 e. The molecular formula is C19H19N7S. The van der Waals surface area contributed by atoms with Gasteiger partial charge < -0.3 is 5.32 Å². The number of rotatable bonds is 3. The number of imidazole rings is 1. The van der Waals surface area contributed by atoms with Crippen LogP contribution in [0.2, 0.25) is 0 Å². The first-order valence-electron chi connectivity index (χ1n) is 9.00. The van der Waals surface area contributed by atoms with Crippen LogP contribution in [0.25, 0.3) is 27.8 Å². The number of benzene rings is 1. The highest BCUT2D eigenvalue weighted by Crippen LogP contribution is 2.27. The molecule has 0 atom stereocenters. The van der Waals surface area contributed by atoms with Crippen LogP contribution in [0.4, 0.5) is 0 Å². The molecule has 136 valence electrons. The summed E-state index contributed by atoms with van der Waals surface area (Å²) in [7, 11) is 0. The summed E-state index contributed by atoms with van der Waals surface area (Å²) in [5.41, 5.74) is 4.20. The molecule has 3 aromatic heterocycles. The zero-order valence-corrected chi connectivity index (χ0v) is 15.8. The van der Waals surface area contributed by atoms with Crippen LogP contribution in [0, 0.1) is 6.92 Å². The molecule has 5 rings (SSSR count). The first-order valence-corrected chi connectivity index (χ1v) is 9.82. The normalized spacial score (nSPS) is 14.1. The van der Waals surface area contributed by atoms with Gasteiger partial charge in [0, 0.05) is 36.7 Å². The molecule has 0 bridgehead atoms. The van der Waals surface area contributed by atoms with Crippen molar-refractivity contribution in [1.29, 1.82) is 0 Å². The Morgan fingerprint density at radius 1 is 1.19 bits per heavy atom. The van der Waals surface area contributed by atoms with E-state index in [0.717, 1.165) is 58.8 Å². The van der Waals surface area contributed by atoms with Crippen LogP contribution < -0.4 is 5.32 Å². The maximum absolute atomic E-state index is 4.80. The van der Waals surface area contributed by atoms with Crippen LogP contribution in [0.15, 0.2) is 42.7 Å². The van der Waals surface area contributed by atoms with Crippen LogP contribution in [0.3, 0.4) is 0 Å². The van der Waals surface area contributed by atoms with Gasteiger partial charge in [0.2, 0.25) is 0 Å². The molecule has 0 fully saturated rings.